The molecule has 1 heterocycles. The number of aliphatic hydroxyl groups is 1. The molecule has 0 amide bonds. The Balaban J connectivity index is 0.000000874. The Morgan fingerprint density at radius 1 is 1.19 bits per heavy atom. The van der Waals surface area contributed by atoms with Crippen molar-refractivity contribution in [2.45, 2.75) is 53.6 Å². The topological polar surface area (TPSA) is 91.4 Å². The van der Waals surface area contributed by atoms with Crippen LogP contribution in [0.5, 0.6) is 0 Å². The Kier molecular flexibility index (Phi) is 14.0. The highest BCUT2D eigenvalue weighted by molar-refractivity contribution is 14.2. The molecule has 2 aromatic carbocycles. The van der Waals surface area contributed by atoms with Gasteiger partial charge >= 0.3 is 5.97 Å². The van der Waals surface area contributed by atoms with Gasteiger partial charge in [-0.25, -0.2) is 4.21 Å². The maximum atomic E-state index is 12.6. The van der Waals surface area contributed by atoms with E-state index < -0.39 is 16.6 Å². The number of H-pyrrole nitrogens is 1. The maximum Gasteiger partial charge on any atom is 0.310 e. The van der Waals surface area contributed by atoms with Crippen LogP contribution < -0.4 is 4.72 Å². The van der Waals surface area contributed by atoms with Crippen LogP contribution in [-0.4, -0.2) is 44.5 Å². The monoisotopic (exact) mass is 658 g/mol. The van der Waals surface area contributed by atoms with Crippen LogP contribution in [0.2, 0.25) is 0 Å². The summed E-state index contributed by atoms with van der Waals surface area (Å²) in [4.78, 5) is 15.7. The Bertz CT molecular complexity index is 1200. The second-order valence-electron chi connectivity index (χ2n) is 9.35. The number of rotatable bonds is 8. The zero-order chi connectivity index (χ0) is 28.3. The van der Waals surface area contributed by atoms with E-state index in [4.69, 9.17) is 9.84 Å². The van der Waals surface area contributed by atoms with Gasteiger partial charge in [0.25, 0.3) is 0 Å². The standard InChI is InChI=1S/C22H25IN2O3S2.C4H10O.C2H4/c1-13-5-7-16(8-6-13)20-17(12-19(26)28-4)15(3)21(25-30(27)10-9-29-23)22-18(20)11-14(2)24-22;1-4(2,3)5;1-2/h5-8,11,24-25H,9-10,12H2,1-4H3;5H,1-3H3;1-2H2. The smallest absolute Gasteiger partial charge is 0.310 e. The third-order valence-corrected chi connectivity index (χ3v) is 8.00. The highest BCUT2D eigenvalue weighted by Gasteiger charge is 2.22. The molecule has 0 bridgehead atoms. The van der Waals surface area contributed by atoms with Crippen molar-refractivity contribution in [2.75, 3.05) is 23.3 Å². The lowest BCUT2D eigenvalue weighted by Crippen LogP contribution is -2.14. The Labute approximate surface area is 240 Å². The van der Waals surface area contributed by atoms with Crippen LogP contribution >= 0.6 is 30.1 Å². The molecule has 3 rings (SSSR count). The van der Waals surface area contributed by atoms with E-state index >= 15 is 0 Å². The number of methoxy groups -OCH3 is 1. The number of esters is 1. The lowest BCUT2D eigenvalue weighted by molar-refractivity contribution is -0.139. The molecule has 0 aliphatic heterocycles. The van der Waals surface area contributed by atoms with Gasteiger partial charge in [0.2, 0.25) is 0 Å². The molecule has 0 aliphatic rings. The molecule has 37 heavy (non-hydrogen) atoms. The van der Waals surface area contributed by atoms with Crippen LogP contribution in [-0.2, 0) is 26.9 Å². The minimum Gasteiger partial charge on any atom is -0.469 e. The van der Waals surface area contributed by atoms with Crippen LogP contribution in [0.3, 0.4) is 0 Å². The number of benzene rings is 2. The SMILES string of the molecule is C=C.CC(C)(C)O.COC(=O)Cc1c(C)c(NS(=O)CCSI)c2[nH]c(C)cc2c1-c1ccc(C)cc1. The van der Waals surface area contributed by atoms with E-state index in [1.807, 2.05) is 13.8 Å². The molecular weight excluding hydrogens is 619 g/mol. The van der Waals surface area contributed by atoms with Gasteiger partial charge in [-0.3, -0.25) is 4.79 Å². The second-order valence-corrected chi connectivity index (χ2v) is 13.1. The molecule has 1 aromatic heterocycles. The largest absolute Gasteiger partial charge is 0.469 e. The fraction of sp³-hybridized carbons (Fsp3) is 0.393. The first-order valence-corrected chi connectivity index (χ1v) is 16.6. The molecule has 0 spiro atoms. The first kappa shape index (κ1) is 33.2. The number of aromatic nitrogens is 1. The summed E-state index contributed by atoms with van der Waals surface area (Å²) in [6.45, 7) is 17.3. The number of aryl methyl sites for hydroxylation is 2. The Morgan fingerprint density at radius 2 is 1.76 bits per heavy atom. The summed E-state index contributed by atoms with van der Waals surface area (Å²) in [5, 5.41) is 9.52. The predicted molar refractivity (Wildman–Crippen MR) is 170 cm³/mol. The van der Waals surface area contributed by atoms with Crippen molar-refractivity contribution >= 4 is 63.7 Å². The zero-order valence-electron chi connectivity index (χ0n) is 22.8. The normalized spacial score (nSPS) is 11.6. The van der Waals surface area contributed by atoms with Gasteiger partial charge in [0.05, 0.1) is 36.1 Å². The lowest BCUT2D eigenvalue weighted by atomic mass is 9.89. The average molecular weight is 659 g/mol. The Morgan fingerprint density at radius 3 is 2.27 bits per heavy atom. The molecule has 9 heteroatoms. The summed E-state index contributed by atoms with van der Waals surface area (Å²) in [7, 11) is 1.82. The zero-order valence-corrected chi connectivity index (χ0v) is 26.6. The van der Waals surface area contributed by atoms with Crippen LogP contribution in [0, 0.1) is 20.8 Å². The van der Waals surface area contributed by atoms with Gasteiger partial charge in [-0.2, -0.15) is 0 Å². The van der Waals surface area contributed by atoms with Crippen LogP contribution in [0.15, 0.2) is 43.5 Å². The van der Waals surface area contributed by atoms with Crippen molar-refractivity contribution < 1.29 is 18.8 Å². The van der Waals surface area contributed by atoms with Crippen molar-refractivity contribution in [1.29, 1.82) is 0 Å². The predicted octanol–water partition coefficient (Wildman–Crippen LogP) is 7.21. The van der Waals surface area contributed by atoms with Gasteiger partial charge < -0.3 is 19.5 Å². The van der Waals surface area contributed by atoms with E-state index in [9.17, 15) is 9.00 Å². The molecule has 0 saturated carbocycles. The number of aromatic amines is 1. The number of ether oxygens (including phenoxy) is 1. The molecule has 204 valence electrons. The molecule has 1 atom stereocenters. The van der Waals surface area contributed by atoms with E-state index in [-0.39, 0.29) is 12.4 Å². The van der Waals surface area contributed by atoms with E-state index in [1.165, 1.54) is 12.7 Å². The maximum absolute atomic E-state index is 12.6. The molecule has 3 aromatic rings. The van der Waals surface area contributed by atoms with Gasteiger partial charge in [0.1, 0.15) is 11.0 Å². The van der Waals surface area contributed by atoms with Crippen LogP contribution in [0.1, 0.15) is 43.2 Å². The van der Waals surface area contributed by atoms with Gasteiger partial charge in [-0.05, 0) is 91.1 Å². The summed E-state index contributed by atoms with van der Waals surface area (Å²) >= 11 is 2.21. The highest BCUT2D eigenvalue weighted by Crippen LogP contribution is 2.41. The molecule has 0 fully saturated rings. The number of hydrogen-bond acceptors (Lipinski definition) is 5. The van der Waals surface area contributed by atoms with E-state index in [1.54, 1.807) is 29.7 Å². The van der Waals surface area contributed by atoms with Crippen molar-refractivity contribution in [2.24, 2.45) is 0 Å². The summed E-state index contributed by atoms with van der Waals surface area (Å²) in [5.74, 6) is 1.04. The van der Waals surface area contributed by atoms with Crippen molar-refractivity contribution in [1.82, 2.24) is 4.98 Å². The molecule has 6 nitrogen and oxygen atoms in total. The minimum atomic E-state index is -1.22. The van der Waals surface area contributed by atoms with Crippen LogP contribution in [0.4, 0.5) is 5.69 Å². The number of carbonyl (C=O) groups is 1. The fourth-order valence-corrected chi connectivity index (χ4v) is 6.62. The van der Waals surface area contributed by atoms with E-state index in [0.717, 1.165) is 50.3 Å². The average Bonchev–Trinajstić information content (AvgIpc) is 3.22. The van der Waals surface area contributed by atoms with E-state index in [0.29, 0.717) is 5.75 Å². The number of fused-ring (bicyclic) bond motifs is 1. The number of carbonyl (C=O) groups excluding carboxylic acids is 1. The van der Waals surface area contributed by atoms with Crippen molar-refractivity contribution in [3.8, 4) is 11.1 Å². The van der Waals surface area contributed by atoms with Crippen molar-refractivity contribution in [3.05, 3.63) is 65.9 Å². The summed E-state index contributed by atoms with van der Waals surface area (Å²) in [6, 6.07) is 10.4. The minimum absolute atomic E-state index is 0.149. The summed E-state index contributed by atoms with van der Waals surface area (Å²) < 4.78 is 20.8. The molecule has 1 unspecified atom stereocenters. The molecule has 0 saturated heterocycles. The van der Waals surface area contributed by atoms with Gasteiger partial charge in [0.15, 0.2) is 0 Å². The van der Waals surface area contributed by atoms with Gasteiger partial charge in [0, 0.05) is 16.8 Å². The van der Waals surface area contributed by atoms with Gasteiger partial charge in [-0.1, -0.05) is 38.8 Å². The molecule has 0 radical (unpaired) electrons. The first-order chi connectivity index (χ1) is 17.3. The van der Waals surface area contributed by atoms with Crippen molar-refractivity contribution in [3.63, 3.8) is 0 Å². The van der Waals surface area contributed by atoms with Crippen LogP contribution in [0.25, 0.3) is 22.0 Å². The van der Waals surface area contributed by atoms with E-state index in [2.05, 4.69) is 81.3 Å². The number of anilines is 1. The number of nitrogens with one attached hydrogen (secondary N) is 2. The summed E-state index contributed by atoms with van der Waals surface area (Å²) in [5.41, 5.74) is 7.21. The molecule has 3 N–H and O–H groups in total. The first-order valence-electron chi connectivity index (χ1n) is 11.7. The Hall–Kier alpha value is -1.82. The fourth-order valence-electron chi connectivity index (χ4n) is 3.56. The number of halogens is 1. The third kappa shape index (κ3) is 10.5. The second kappa shape index (κ2) is 15.6. The number of hydrogen-bond donors (Lipinski definition) is 3. The molecule has 0 aliphatic carbocycles. The lowest BCUT2D eigenvalue weighted by Gasteiger charge is -2.19. The quantitative estimate of drug-likeness (QED) is 0.135. The molecular formula is C28H39IN2O4S2. The summed E-state index contributed by atoms with van der Waals surface area (Å²) in [6.07, 6.45) is 0.149. The van der Waals surface area contributed by atoms with Gasteiger partial charge in [-0.15, -0.1) is 13.2 Å². The highest BCUT2D eigenvalue weighted by atomic mass is 127. The third-order valence-electron chi connectivity index (χ3n) is 5.05.